The van der Waals surface area contributed by atoms with Crippen molar-refractivity contribution in [1.29, 1.82) is 0 Å². The standard InChI is InChI=1S/C12H22O3/c1-11(5-4-8-13)7-10-15-12-6-2-3-9-14-12/h8,11-12H,2-7,9-10H2,1H3/t11-,12?/m0/s1. The molecule has 1 heterocycles. The van der Waals surface area contributed by atoms with Gasteiger partial charge in [0.15, 0.2) is 6.29 Å². The molecule has 3 heteroatoms. The average Bonchev–Trinajstić information content (AvgIpc) is 2.28. The van der Waals surface area contributed by atoms with Crippen LogP contribution in [0, 0.1) is 5.92 Å². The van der Waals surface area contributed by atoms with E-state index >= 15 is 0 Å². The molecule has 0 saturated carbocycles. The van der Waals surface area contributed by atoms with E-state index in [0.29, 0.717) is 12.3 Å². The number of hydrogen-bond acceptors (Lipinski definition) is 3. The number of aldehydes is 1. The van der Waals surface area contributed by atoms with Crippen molar-refractivity contribution in [2.75, 3.05) is 13.2 Å². The zero-order valence-corrected chi connectivity index (χ0v) is 9.61. The van der Waals surface area contributed by atoms with Gasteiger partial charge < -0.3 is 14.3 Å². The molecule has 1 rings (SSSR count). The Balaban J connectivity index is 1.96. The van der Waals surface area contributed by atoms with Crippen molar-refractivity contribution in [1.82, 2.24) is 0 Å². The highest BCUT2D eigenvalue weighted by molar-refractivity contribution is 5.49. The van der Waals surface area contributed by atoms with Crippen LogP contribution in [0.2, 0.25) is 0 Å². The highest BCUT2D eigenvalue weighted by Crippen LogP contribution is 2.15. The summed E-state index contributed by atoms with van der Waals surface area (Å²) in [5.74, 6) is 0.568. The molecule has 88 valence electrons. The lowest BCUT2D eigenvalue weighted by atomic mass is 10.0. The predicted octanol–water partition coefficient (Wildman–Crippen LogP) is 2.53. The van der Waals surface area contributed by atoms with Crippen LogP contribution in [0.5, 0.6) is 0 Å². The molecule has 0 aromatic rings. The van der Waals surface area contributed by atoms with Crippen LogP contribution in [0.25, 0.3) is 0 Å². The summed E-state index contributed by atoms with van der Waals surface area (Å²) in [6.07, 6.45) is 7.08. The average molecular weight is 214 g/mol. The molecule has 0 aliphatic carbocycles. The molecular weight excluding hydrogens is 192 g/mol. The smallest absolute Gasteiger partial charge is 0.157 e. The molecule has 0 spiro atoms. The Bertz CT molecular complexity index is 164. The molecule has 0 aromatic carbocycles. The van der Waals surface area contributed by atoms with E-state index < -0.39 is 0 Å². The fourth-order valence-electron chi connectivity index (χ4n) is 1.74. The summed E-state index contributed by atoms with van der Waals surface area (Å²) in [6, 6.07) is 0. The summed E-state index contributed by atoms with van der Waals surface area (Å²) in [7, 11) is 0. The Morgan fingerprint density at radius 3 is 3.00 bits per heavy atom. The van der Waals surface area contributed by atoms with Crippen LogP contribution in [0.15, 0.2) is 0 Å². The molecule has 1 aliphatic rings. The van der Waals surface area contributed by atoms with E-state index in [1.807, 2.05) is 0 Å². The fourth-order valence-corrected chi connectivity index (χ4v) is 1.74. The monoisotopic (exact) mass is 214 g/mol. The molecule has 1 fully saturated rings. The first kappa shape index (κ1) is 12.7. The Kier molecular flexibility index (Phi) is 6.60. The largest absolute Gasteiger partial charge is 0.353 e. The van der Waals surface area contributed by atoms with Crippen LogP contribution < -0.4 is 0 Å². The third-order valence-electron chi connectivity index (χ3n) is 2.83. The lowest BCUT2D eigenvalue weighted by Crippen LogP contribution is -2.23. The second-order valence-corrected chi connectivity index (χ2v) is 4.30. The number of ether oxygens (including phenoxy) is 2. The summed E-state index contributed by atoms with van der Waals surface area (Å²) in [5.41, 5.74) is 0. The molecule has 1 saturated heterocycles. The molecule has 0 radical (unpaired) electrons. The van der Waals surface area contributed by atoms with Gasteiger partial charge in [-0.1, -0.05) is 6.92 Å². The first-order chi connectivity index (χ1) is 7.33. The van der Waals surface area contributed by atoms with Crippen molar-refractivity contribution >= 4 is 6.29 Å². The van der Waals surface area contributed by atoms with Gasteiger partial charge in [0.1, 0.15) is 6.29 Å². The molecular formula is C12H22O3. The Labute approximate surface area is 92.1 Å². The lowest BCUT2D eigenvalue weighted by Gasteiger charge is -2.23. The van der Waals surface area contributed by atoms with E-state index in [9.17, 15) is 4.79 Å². The number of carbonyl (C=O) groups excluding carboxylic acids is 1. The van der Waals surface area contributed by atoms with Crippen molar-refractivity contribution in [3.63, 3.8) is 0 Å². The van der Waals surface area contributed by atoms with Gasteiger partial charge in [-0.05, 0) is 38.0 Å². The minimum atomic E-state index is 0.0250. The molecule has 15 heavy (non-hydrogen) atoms. The van der Waals surface area contributed by atoms with Gasteiger partial charge in [-0.15, -0.1) is 0 Å². The first-order valence-corrected chi connectivity index (χ1v) is 5.99. The van der Waals surface area contributed by atoms with Crippen LogP contribution in [0.4, 0.5) is 0 Å². The topological polar surface area (TPSA) is 35.5 Å². The summed E-state index contributed by atoms with van der Waals surface area (Å²) < 4.78 is 11.1. The maximum Gasteiger partial charge on any atom is 0.157 e. The number of rotatable bonds is 7. The van der Waals surface area contributed by atoms with E-state index in [1.54, 1.807) is 0 Å². The zero-order valence-electron chi connectivity index (χ0n) is 9.61. The molecule has 0 amide bonds. The Hall–Kier alpha value is -0.410. The summed E-state index contributed by atoms with van der Waals surface area (Å²) >= 11 is 0. The van der Waals surface area contributed by atoms with Gasteiger partial charge in [0.2, 0.25) is 0 Å². The third kappa shape index (κ3) is 5.90. The van der Waals surface area contributed by atoms with E-state index in [2.05, 4.69) is 6.92 Å². The number of hydrogen-bond donors (Lipinski definition) is 0. The summed E-state index contributed by atoms with van der Waals surface area (Å²) in [6.45, 7) is 3.75. The maximum atomic E-state index is 10.2. The van der Waals surface area contributed by atoms with Crippen molar-refractivity contribution < 1.29 is 14.3 Å². The van der Waals surface area contributed by atoms with Crippen LogP contribution in [0.1, 0.15) is 45.4 Å². The molecule has 0 N–H and O–H groups in total. The molecule has 1 unspecified atom stereocenters. The van der Waals surface area contributed by atoms with Crippen LogP contribution in [0.3, 0.4) is 0 Å². The predicted molar refractivity (Wildman–Crippen MR) is 58.6 cm³/mol. The Morgan fingerprint density at radius 2 is 2.33 bits per heavy atom. The summed E-state index contributed by atoms with van der Waals surface area (Å²) in [5, 5.41) is 0. The van der Waals surface area contributed by atoms with E-state index in [-0.39, 0.29) is 6.29 Å². The van der Waals surface area contributed by atoms with Gasteiger partial charge in [-0.25, -0.2) is 0 Å². The fraction of sp³-hybridized carbons (Fsp3) is 0.917. The van der Waals surface area contributed by atoms with Crippen molar-refractivity contribution in [3.05, 3.63) is 0 Å². The van der Waals surface area contributed by atoms with Gasteiger partial charge in [0.25, 0.3) is 0 Å². The van der Waals surface area contributed by atoms with Crippen LogP contribution in [-0.2, 0) is 14.3 Å². The number of carbonyl (C=O) groups is 1. The second-order valence-electron chi connectivity index (χ2n) is 4.30. The van der Waals surface area contributed by atoms with Gasteiger partial charge >= 0.3 is 0 Å². The van der Waals surface area contributed by atoms with Gasteiger partial charge in [0.05, 0.1) is 0 Å². The molecule has 1 aliphatic heterocycles. The SMILES string of the molecule is C[C@@H](CCC=O)CCOC1CCCCO1. The Morgan fingerprint density at radius 1 is 1.47 bits per heavy atom. The van der Waals surface area contributed by atoms with E-state index in [1.165, 1.54) is 6.42 Å². The van der Waals surface area contributed by atoms with Gasteiger partial charge in [-0.3, -0.25) is 0 Å². The highest BCUT2D eigenvalue weighted by Gasteiger charge is 2.14. The normalized spacial score (nSPS) is 23.7. The quantitative estimate of drug-likeness (QED) is 0.611. The van der Waals surface area contributed by atoms with Crippen molar-refractivity contribution in [2.24, 2.45) is 5.92 Å². The summed E-state index contributed by atoms with van der Waals surface area (Å²) in [4.78, 5) is 10.2. The molecule has 3 nitrogen and oxygen atoms in total. The third-order valence-corrected chi connectivity index (χ3v) is 2.83. The van der Waals surface area contributed by atoms with Gasteiger partial charge in [0, 0.05) is 19.6 Å². The minimum absolute atomic E-state index is 0.0250. The van der Waals surface area contributed by atoms with Crippen LogP contribution in [-0.4, -0.2) is 25.8 Å². The zero-order chi connectivity index (χ0) is 10.9. The van der Waals surface area contributed by atoms with Crippen molar-refractivity contribution in [3.8, 4) is 0 Å². The minimum Gasteiger partial charge on any atom is -0.353 e. The second kappa shape index (κ2) is 7.83. The molecule has 0 bridgehead atoms. The maximum absolute atomic E-state index is 10.2. The van der Waals surface area contributed by atoms with Crippen molar-refractivity contribution in [2.45, 2.75) is 51.7 Å². The van der Waals surface area contributed by atoms with E-state index in [4.69, 9.17) is 9.47 Å². The van der Waals surface area contributed by atoms with Gasteiger partial charge in [-0.2, -0.15) is 0 Å². The molecule has 2 atom stereocenters. The van der Waals surface area contributed by atoms with Crippen LogP contribution >= 0.6 is 0 Å². The lowest BCUT2D eigenvalue weighted by molar-refractivity contribution is -0.164. The highest BCUT2D eigenvalue weighted by atomic mass is 16.7. The molecule has 0 aromatic heterocycles. The first-order valence-electron chi connectivity index (χ1n) is 5.99. The van der Waals surface area contributed by atoms with E-state index in [0.717, 1.165) is 45.2 Å².